The van der Waals surface area contributed by atoms with Crippen molar-refractivity contribution in [2.24, 2.45) is 5.41 Å². The van der Waals surface area contributed by atoms with E-state index < -0.39 is 0 Å². The molecular weight excluding hydrogens is 186 g/mol. The Kier molecular flexibility index (Phi) is 2.52. The molecule has 1 heterocycles. The third-order valence-corrected chi connectivity index (χ3v) is 2.51. The minimum absolute atomic E-state index is 0.0660. The maximum absolute atomic E-state index is 11.4. The number of imide groups is 1. The molecule has 2 amide bonds. The van der Waals surface area contributed by atoms with Crippen molar-refractivity contribution in [3.05, 3.63) is 11.0 Å². The van der Waals surface area contributed by atoms with Gasteiger partial charge >= 0.3 is 0 Å². The largest absolute Gasteiger partial charge is 0.293 e. The first kappa shape index (κ1) is 10.3. The predicted octanol–water partition coefficient (Wildman–Crippen LogP) is 2.24. The van der Waals surface area contributed by atoms with Gasteiger partial charge in [0, 0.05) is 7.05 Å². The van der Waals surface area contributed by atoms with E-state index in [0.29, 0.717) is 4.91 Å². The van der Waals surface area contributed by atoms with Crippen LogP contribution in [0.25, 0.3) is 0 Å². The Morgan fingerprint density at radius 2 is 1.85 bits per heavy atom. The van der Waals surface area contributed by atoms with Crippen molar-refractivity contribution in [2.75, 3.05) is 7.05 Å². The summed E-state index contributed by atoms with van der Waals surface area (Å²) in [5.41, 5.74) is -0.0660. The minimum atomic E-state index is -0.194. The molecule has 0 atom stereocenters. The van der Waals surface area contributed by atoms with Crippen LogP contribution in [-0.2, 0) is 4.79 Å². The Bertz CT molecular complexity index is 288. The summed E-state index contributed by atoms with van der Waals surface area (Å²) < 4.78 is 0. The molecule has 1 aliphatic rings. The first-order valence-electron chi connectivity index (χ1n) is 4.04. The van der Waals surface area contributed by atoms with Gasteiger partial charge in [0.15, 0.2) is 0 Å². The van der Waals surface area contributed by atoms with Crippen LogP contribution in [0.15, 0.2) is 11.0 Å². The van der Waals surface area contributed by atoms with Gasteiger partial charge in [0.1, 0.15) is 0 Å². The van der Waals surface area contributed by atoms with E-state index in [2.05, 4.69) is 0 Å². The highest BCUT2D eigenvalue weighted by molar-refractivity contribution is 8.18. The summed E-state index contributed by atoms with van der Waals surface area (Å²) in [7, 11) is 1.50. The molecule has 1 fully saturated rings. The molecule has 0 bridgehead atoms. The average Bonchev–Trinajstić information content (AvgIpc) is 2.15. The van der Waals surface area contributed by atoms with Crippen LogP contribution in [-0.4, -0.2) is 23.1 Å². The second kappa shape index (κ2) is 3.18. The lowest BCUT2D eigenvalue weighted by molar-refractivity contribution is -0.121. The quantitative estimate of drug-likeness (QED) is 0.561. The first-order chi connectivity index (χ1) is 5.81. The summed E-state index contributed by atoms with van der Waals surface area (Å²) in [4.78, 5) is 24.2. The number of allylic oxidation sites excluding steroid dienone is 1. The second-order valence-corrected chi connectivity index (χ2v) is 5.10. The standard InChI is InChI=1S/C9H13NO2S/c1-9(2,3)5-6-7(11)10(4)8(12)13-6/h5H,1-4H3/b6-5-. The maximum atomic E-state index is 11.4. The van der Waals surface area contributed by atoms with Gasteiger partial charge in [-0.2, -0.15) is 0 Å². The molecule has 4 heteroatoms. The summed E-state index contributed by atoms with van der Waals surface area (Å²) in [6, 6.07) is 0. The zero-order chi connectivity index (χ0) is 10.2. The molecule has 0 saturated carbocycles. The van der Waals surface area contributed by atoms with Crippen LogP contribution in [0, 0.1) is 5.41 Å². The molecular formula is C9H13NO2S. The molecule has 0 radical (unpaired) electrons. The molecule has 1 aliphatic heterocycles. The SMILES string of the molecule is CN1C(=O)S/C(=C\C(C)(C)C)C1=O. The van der Waals surface area contributed by atoms with E-state index in [-0.39, 0.29) is 16.6 Å². The van der Waals surface area contributed by atoms with Crippen molar-refractivity contribution in [2.45, 2.75) is 20.8 Å². The molecule has 1 saturated heterocycles. The summed E-state index contributed by atoms with van der Waals surface area (Å²) in [6.07, 6.45) is 1.83. The van der Waals surface area contributed by atoms with Crippen LogP contribution in [0.4, 0.5) is 4.79 Å². The number of likely N-dealkylation sites (N-methyl/N-ethyl adjacent to an activating group) is 1. The van der Waals surface area contributed by atoms with Gasteiger partial charge in [-0.15, -0.1) is 0 Å². The van der Waals surface area contributed by atoms with E-state index in [4.69, 9.17) is 0 Å². The van der Waals surface area contributed by atoms with Crippen molar-refractivity contribution in [3.63, 3.8) is 0 Å². The van der Waals surface area contributed by atoms with E-state index >= 15 is 0 Å². The molecule has 0 unspecified atom stereocenters. The highest BCUT2D eigenvalue weighted by Gasteiger charge is 2.32. The van der Waals surface area contributed by atoms with Crippen LogP contribution in [0.2, 0.25) is 0 Å². The number of hydrogen-bond donors (Lipinski definition) is 0. The topological polar surface area (TPSA) is 37.4 Å². The van der Waals surface area contributed by atoms with Crippen LogP contribution in [0.3, 0.4) is 0 Å². The Balaban J connectivity index is 2.92. The number of amides is 2. The summed E-state index contributed by atoms with van der Waals surface area (Å²) in [5, 5.41) is -0.194. The Hall–Kier alpha value is -0.770. The predicted molar refractivity (Wildman–Crippen MR) is 53.3 cm³/mol. The summed E-state index contributed by atoms with van der Waals surface area (Å²) in [5.74, 6) is -0.190. The van der Waals surface area contributed by atoms with E-state index in [1.165, 1.54) is 7.05 Å². The summed E-state index contributed by atoms with van der Waals surface area (Å²) >= 11 is 1.01. The fourth-order valence-electron chi connectivity index (χ4n) is 0.939. The molecule has 3 nitrogen and oxygen atoms in total. The van der Waals surface area contributed by atoms with E-state index in [1.54, 1.807) is 0 Å². The van der Waals surface area contributed by atoms with Gasteiger partial charge in [-0.1, -0.05) is 26.8 Å². The third kappa shape index (κ3) is 2.34. The van der Waals surface area contributed by atoms with Crippen LogP contribution >= 0.6 is 11.8 Å². The van der Waals surface area contributed by atoms with Crippen molar-refractivity contribution in [1.29, 1.82) is 0 Å². The zero-order valence-electron chi connectivity index (χ0n) is 8.25. The molecule has 0 N–H and O–H groups in total. The lowest BCUT2D eigenvalue weighted by Gasteiger charge is -2.12. The molecule has 1 rings (SSSR count). The maximum Gasteiger partial charge on any atom is 0.293 e. The van der Waals surface area contributed by atoms with Gasteiger partial charge in [0.2, 0.25) is 0 Å². The second-order valence-electron chi connectivity index (χ2n) is 4.11. The van der Waals surface area contributed by atoms with Gasteiger partial charge in [-0.05, 0) is 17.2 Å². The van der Waals surface area contributed by atoms with Gasteiger partial charge < -0.3 is 0 Å². The number of rotatable bonds is 0. The highest BCUT2D eigenvalue weighted by Crippen LogP contribution is 2.32. The molecule has 72 valence electrons. The fourth-order valence-corrected chi connectivity index (χ4v) is 1.98. The Labute approximate surface area is 82.2 Å². The van der Waals surface area contributed by atoms with Crippen molar-refractivity contribution in [3.8, 4) is 0 Å². The van der Waals surface area contributed by atoms with Crippen LogP contribution in [0.5, 0.6) is 0 Å². The molecule has 0 aromatic rings. The van der Waals surface area contributed by atoms with Gasteiger partial charge in [-0.25, -0.2) is 0 Å². The average molecular weight is 199 g/mol. The smallest absolute Gasteiger partial charge is 0.272 e. The zero-order valence-corrected chi connectivity index (χ0v) is 9.07. The molecule has 0 spiro atoms. The van der Waals surface area contributed by atoms with Gasteiger partial charge in [-0.3, -0.25) is 14.5 Å². The number of thioether (sulfide) groups is 1. The highest BCUT2D eigenvalue weighted by atomic mass is 32.2. The van der Waals surface area contributed by atoms with E-state index in [9.17, 15) is 9.59 Å². The summed E-state index contributed by atoms with van der Waals surface area (Å²) in [6.45, 7) is 5.99. The normalized spacial score (nSPS) is 21.8. The van der Waals surface area contributed by atoms with Crippen molar-refractivity contribution < 1.29 is 9.59 Å². The molecule has 13 heavy (non-hydrogen) atoms. The monoisotopic (exact) mass is 199 g/mol. The minimum Gasteiger partial charge on any atom is -0.272 e. The number of carbonyl (C=O) groups is 2. The molecule has 0 aromatic carbocycles. The first-order valence-corrected chi connectivity index (χ1v) is 4.85. The number of nitrogens with zero attached hydrogens (tertiary/aromatic N) is 1. The molecule has 0 aliphatic carbocycles. The lowest BCUT2D eigenvalue weighted by Crippen LogP contribution is -2.22. The van der Waals surface area contributed by atoms with E-state index in [0.717, 1.165) is 16.7 Å². The molecule has 0 aromatic heterocycles. The number of carbonyl (C=O) groups excluding carboxylic acids is 2. The Morgan fingerprint density at radius 3 is 2.15 bits per heavy atom. The van der Waals surface area contributed by atoms with Crippen molar-refractivity contribution >= 4 is 22.9 Å². The van der Waals surface area contributed by atoms with Gasteiger partial charge in [0.25, 0.3) is 11.1 Å². The lowest BCUT2D eigenvalue weighted by atomic mass is 9.96. The van der Waals surface area contributed by atoms with Gasteiger partial charge in [0.05, 0.1) is 4.91 Å². The van der Waals surface area contributed by atoms with Crippen LogP contribution < -0.4 is 0 Å². The van der Waals surface area contributed by atoms with Crippen LogP contribution in [0.1, 0.15) is 20.8 Å². The van der Waals surface area contributed by atoms with E-state index in [1.807, 2.05) is 26.8 Å². The Morgan fingerprint density at radius 1 is 1.31 bits per heavy atom. The fraction of sp³-hybridized carbons (Fsp3) is 0.556. The number of hydrogen-bond acceptors (Lipinski definition) is 3. The van der Waals surface area contributed by atoms with Crippen molar-refractivity contribution in [1.82, 2.24) is 4.90 Å². The third-order valence-electron chi connectivity index (χ3n) is 1.55.